The van der Waals surface area contributed by atoms with Crippen LogP contribution in [0, 0.1) is 0 Å². The van der Waals surface area contributed by atoms with E-state index in [1.54, 1.807) is 7.11 Å². The first-order chi connectivity index (χ1) is 13.2. The van der Waals surface area contributed by atoms with E-state index in [4.69, 9.17) is 4.74 Å². The SMILES string of the molecule is COc1ccc2c(c1)CCC[C@H]2NP(=O)(c1ccccc1)c1ccccc1. The van der Waals surface area contributed by atoms with Crippen LogP contribution in [0.25, 0.3) is 0 Å². The summed E-state index contributed by atoms with van der Waals surface area (Å²) < 4.78 is 19.7. The van der Waals surface area contributed by atoms with Gasteiger partial charge in [0.25, 0.3) is 0 Å². The molecule has 0 radical (unpaired) electrons. The van der Waals surface area contributed by atoms with Gasteiger partial charge in [0.2, 0.25) is 7.29 Å². The first-order valence-electron chi connectivity index (χ1n) is 9.36. The van der Waals surface area contributed by atoms with Crippen LogP contribution in [-0.4, -0.2) is 7.11 Å². The monoisotopic (exact) mass is 377 g/mol. The lowest BCUT2D eigenvalue weighted by Gasteiger charge is -2.31. The topological polar surface area (TPSA) is 38.3 Å². The molecular weight excluding hydrogens is 353 g/mol. The molecule has 0 amide bonds. The van der Waals surface area contributed by atoms with E-state index in [9.17, 15) is 4.57 Å². The first-order valence-corrected chi connectivity index (χ1v) is 11.1. The predicted molar refractivity (Wildman–Crippen MR) is 112 cm³/mol. The summed E-state index contributed by atoms with van der Waals surface area (Å²) in [5, 5.41) is 5.26. The second kappa shape index (κ2) is 7.72. The minimum absolute atomic E-state index is 0.0610. The van der Waals surface area contributed by atoms with Gasteiger partial charge in [-0.2, -0.15) is 0 Å². The highest BCUT2D eigenvalue weighted by Crippen LogP contribution is 2.44. The van der Waals surface area contributed by atoms with E-state index in [-0.39, 0.29) is 6.04 Å². The quantitative estimate of drug-likeness (QED) is 0.661. The van der Waals surface area contributed by atoms with Crippen molar-refractivity contribution in [3.05, 3.63) is 90.0 Å². The third-order valence-electron chi connectivity index (χ3n) is 5.24. The van der Waals surface area contributed by atoms with Crippen LogP contribution in [0.2, 0.25) is 0 Å². The Labute approximate surface area is 160 Å². The molecule has 1 aliphatic carbocycles. The molecule has 0 saturated carbocycles. The van der Waals surface area contributed by atoms with Gasteiger partial charge >= 0.3 is 0 Å². The molecule has 0 heterocycles. The van der Waals surface area contributed by atoms with E-state index in [0.29, 0.717) is 0 Å². The first kappa shape index (κ1) is 18.0. The van der Waals surface area contributed by atoms with Gasteiger partial charge in [0.15, 0.2) is 0 Å². The van der Waals surface area contributed by atoms with Crippen LogP contribution in [0.1, 0.15) is 30.0 Å². The number of benzene rings is 3. The molecular formula is C23H24NO2P. The van der Waals surface area contributed by atoms with Crippen molar-refractivity contribution in [3.8, 4) is 5.75 Å². The van der Waals surface area contributed by atoms with Crippen LogP contribution in [-0.2, 0) is 11.0 Å². The summed E-state index contributed by atoms with van der Waals surface area (Å²) in [4.78, 5) is 0. The highest BCUT2D eigenvalue weighted by atomic mass is 31.2. The smallest absolute Gasteiger partial charge is 0.205 e. The zero-order valence-electron chi connectivity index (χ0n) is 15.5. The lowest BCUT2D eigenvalue weighted by atomic mass is 9.88. The van der Waals surface area contributed by atoms with Crippen molar-refractivity contribution >= 4 is 17.9 Å². The van der Waals surface area contributed by atoms with Crippen molar-refractivity contribution in [3.63, 3.8) is 0 Å². The van der Waals surface area contributed by atoms with Gasteiger partial charge in [0, 0.05) is 16.7 Å². The maximum atomic E-state index is 14.3. The molecule has 0 unspecified atom stereocenters. The van der Waals surface area contributed by atoms with Crippen LogP contribution < -0.4 is 20.4 Å². The molecule has 0 saturated heterocycles. The van der Waals surface area contributed by atoms with Crippen LogP contribution in [0.5, 0.6) is 5.75 Å². The van der Waals surface area contributed by atoms with Gasteiger partial charge in [-0.1, -0.05) is 42.5 Å². The van der Waals surface area contributed by atoms with Crippen LogP contribution in [0.4, 0.5) is 0 Å². The second-order valence-corrected chi connectivity index (χ2v) is 9.43. The molecule has 0 fully saturated rings. The Morgan fingerprint density at radius 3 is 2.15 bits per heavy atom. The molecule has 4 rings (SSSR count). The zero-order valence-corrected chi connectivity index (χ0v) is 16.4. The van der Waals surface area contributed by atoms with Crippen LogP contribution in [0.15, 0.2) is 78.9 Å². The normalized spacial score (nSPS) is 16.6. The molecule has 1 aliphatic rings. The van der Waals surface area contributed by atoms with E-state index in [2.05, 4.69) is 17.2 Å². The molecule has 138 valence electrons. The number of hydrogen-bond donors (Lipinski definition) is 1. The lowest BCUT2D eigenvalue weighted by molar-refractivity contribution is 0.412. The van der Waals surface area contributed by atoms with Crippen molar-refractivity contribution in [2.75, 3.05) is 7.11 Å². The molecule has 4 heteroatoms. The van der Waals surface area contributed by atoms with E-state index in [1.165, 1.54) is 11.1 Å². The lowest BCUT2D eigenvalue weighted by Crippen LogP contribution is -2.32. The number of nitrogens with one attached hydrogen (secondary N) is 1. The summed E-state index contributed by atoms with van der Waals surface area (Å²) in [5.41, 5.74) is 2.51. The number of hydrogen-bond acceptors (Lipinski definition) is 2. The molecule has 27 heavy (non-hydrogen) atoms. The molecule has 1 atom stereocenters. The Bertz CT molecular complexity index is 913. The Balaban J connectivity index is 1.75. The molecule has 0 spiro atoms. The van der Waals surface area contributed by atoms with Crippen molar-refractivity contribution in [2.45, 2.75) is 25.3 Å². The van der Waals surface area contributed by atoms with E-state index < -0.39 is 7.29 Å². The van der Waals surface area contributed by atoms with Gasteiger partial charge < -0.3 is 4.74 Å². The number of rotatable bonds is 5. The molecule has 1 N–H and O–H groups in total. The van der Waals surface area contributed by atoms with Crippen molar-refractivity contribution in [1.29, 1.82) is 0 Å². The zero-order chi connectivity index (χ0) is 18.7. The number of ether oxygens (including phenoxy) is 1. The Kier molecular flexibility index (Phi) is 5.15. The van der Waals surface area contributed by atoms with E-state index in [0.717, 1.165) is 35.6 Å². The average Bonchev–Trinajstić information content (AvgIpc) is 2.74. The third kappa shape index (κ3) is 3.58. The minimum atomic E-state index is -2.95. The van der Waals surface area contributed by atoms with E-state index in [1.807, 2.05) is 66.7 Å². The fourth-order valence-corrected chi connectivity index (χ4v) is 6.33. The second-order valence-electron chi connectivity index (χ2n) is 6.92. The molecule has 3 aromatic carbocycles. The van der Waals surface area contributed by atoms with Crippen molar-refractivity contribution in [1.82, 2.24) is 5.09 Å². The van der Waals surface area contributed by atoms with Crippen LogP contribution in [0.3, 0.4) is 0 Å². The summed E-state index contributed by atoms with van der Waals surface area (Å²) in [7, 11) is -1.25. The fourth-order valence-electron chi connectivity index (χ4n) is 3.85. The highest BCUT2D eigenvalue weighted by Gasteiger charge is 2.32. The minimum Gasteiger partial charge on any atom is -0.497 e. The van der Waals surface area contributed by atoms with Gasteiger partial charge in [-0.25, -0.2) is 0 Å². The molecule has 3 aromatic rings. The summed E-state index contributed by atoms with van der Waals surface area (Å²) >= 11 is 0. The molecule has 0 aliphatic heterocycles. The Hall–Kier alpha value is -2.35. The van der Waals surface area contributed by atoms with Crippen LogP contribution >= 0.6 is 7.29 Å². The van der Waals surface area contributed by atoms with Gasteiger partial charge in [-0.3, -0.25) is 9.65 Å². The number of aryl methyl sites for hydroxylation is 1. The molecule has 0 bridgehead atoms. The molecule has 0 aromatic heterocycles. The summed E-state index contributed by atoms with van der Waals surface area (Å²) in [6.45, 7) is 0. The van der Waals surface area contributed by atoms with E-state index >= 15 is 0 Å². The largest absolute Gasteiger partial charge is 0.497 e. The number of methoxy groups -OCH3 is 1. The highest BCUT2D eigenvalue weighted by molar-refractivity contribution is 7.76. The Morgan fingerprint density at radius 2 is 1.56 bits per heavy atom. The summed E-state index contributed by atoms with van der Waals surface area (Å²) in [6.07, 6.45) is 3.08. The van der Waals surface area contributed by atoms with Crippen molar-refractivity contribution < 1.29 is 9.30 Å². The van der Waals surface area contributed by atoms with Gasteiger partial charge in [-0.15, -0.1) is 0 Å². The third-order valence-corrected chi connectivity index (χ3v) is 7.97. The maximum Gasteiger partial charge on any atom is 0.205 e. The van der Waals surface area contributed by atoms with Gasteiger partial charge in [0.1, 0.15) is 5.75 Å². The maximum absolute atomic E-state index is 14.3. The predicted octanol–water partition coefficient (Wildman–Crippen LogP) is 4.59. The van der Waals surface area contributed by atoms with Crippen molar-refractivity contribution in [2.24, 2.45) is 0 Å². The fraction of sp³-hybridized carbons (Fsp3) is 0.217. The standard InChI is InChI=1S/C23H24NO2P/c1-26-19-15-16-22-18(17-19)9-8-14-23(22)24-27(25,20-10-4-2-5-11-20)21-12-6-3-7-13-21/h2-7,10-13,15-17,23H,8-9,14H2,1H3,(H,24,25)/t23-/m1/s1. The van der Waals surface area contributed by atoms with Gasteiger partial charge in [-0.05, 0) is 66.8 Å². The average molecular weight is 377 g/mol. The molecule has 3 nitrogen and oxygen atoms in total. The summed E-state index contributed by atoms with van der Waals surface area (Å²) in [6, 6.07) is 25.8. The summed E-state index contributed by atoms with van der Waals surface area (Å²) in [5.74, 6) is 0.878. The number of fused-ring (bicyclic) bond motifs is 1. The van der Waals surface area contributed by atoms with Gasteiger partial charge in [0.05, 0.1) is 7.11 Å². The Morgan fingerprint density at radius 1 is 0.926 bits per heavy atom.